The number of benzene rings is 3. The number of rotatable bonds is 9. The van der Waals surface area contributed by atoms with Gasteiger partial charge in [-0.2, -0.15) is 0 Å². The molecule has 6 heteroatoms. The van der Waals surface area contributed by atoms with Crippen molar-refractivity contribution in [2.45, 2.75) is 6.54 Å². The molecule has 0 unspecified atom stereocenters. The Morgan fingerprint density at radius 1 is 0.818 bits per heavy atom. The second-order valence-electron chi connectivity index (χ2n) is 7.30. The molecule has 0 heterocycles. The van der Waals surface area contributed by atoms with Crippen LogP contribution in [0.1, 0.15) is 16.7 Å². The van der Waals surface area contributed by atoms with Crippen LogP contribution in [0.3, 0.4) is 0 Å². The first-order valence-corrected chi connectivity index (χ1v) is 10.5. The van der Waals surface area contributed by atoms with Crippen molar-refractivity contribution in [3.05, 3.63) is 95.6 Å². The van der Waals surface area contributed by atoms with Crippen LogP contribution < -0.4 is 9.47 Å². The maximum atomic E-state index is 13.0. The largest absolute Gasteiger partial charge is 0.496 e. The van der Waals surface area contributed by atoms with E-state index in [0.717, 1.165) is 11.1 Å². The van der Waals surface area contributed by atoms with E-state index in [1.807, 2.05) is 78.9 Å². The maximum absolute atomic E-state index is 13.0. The summed E-state index contributed by atoms with van der Waals surface area (Å²) in [5.41, 5.74) is 2.61. The number of carbonyl (C=O) groups excluding carboxylic acids is 2. The lowest BCUT2D eigenvalue weighted by Gasteiger charge is -2.19. The summed E-state index contributed by atoms with van der Waals surface area (Å²) >= 11 is 0. The van der Waals surface area contributed by atoms with Crippen molar-refractivity contribution in [1.82, 2.24) is 4.90 Å². The van der Waals surface area contributed by atoms with Gasteiger partial charge in [0.05, 0.1) is 19.8 Å². The van der Waals surface area contributed by atoms with Crippen molar-refractivity contribution >= 4 is 23.5 Å². The average molecular weight is 446 g/mol. The molecule has 33 heavy (non-hydrogen) atoms. The van der Waals surface area contributed by atoms with E-state index in [2.05, 4.69) is 0 Å². The van der Waals surface area contributed by atoms with Crippen LogP contribution >= 0.6 is 0 Å². The van der Waals surface area contributed by atoms with Crippen LogP contribution in [0.2, 0.25) is 0 Å². The van der Waals surface area contributed by atoms with E-state index >= 15 is 0 Å². The lowest BCUT2D eigenvalue weighted by molar-refractivity contribution is -0.147. The van der Waals surface area contributed by atoms with Gasteiger partial charge in [-0.3, -0.25) is 4.79 Å². The summed E-state index contributed by atoms with van der Waals surface area (Å²) in [5.74, 6) is 0.414. The van der Waals surface area contributed by atoms with Gasteiger partial charge < -0.3 is 19.1 Å². The van der Waals surface area contributed by atoms with Crippen LogP contribution in [0.15, 0.2) is 78.9 Å². The van der Waals surface area contributed by atoms with E-state index in [1.54, 1.807) is 27.3 Å². The number of hydrogen-bond donors (Lipinski definition) is 0. The number of methoxy groups -OCH3 is 2. The molecular formula is C27H27NO5. The predicted molar refractivity (Wildman–Crippen MR) is 128 cm³/mol. The van der Waals surface area contributed by atoms with Gasteiger partial charge in [0.1, 0.15) is 11.5 Å². The summed E-state index contributed by atoms with van der Waals surface area (Å²) in [6.07, 6.45) is 1.71. The molecule has 0 saturated carbocycles. The van der Waals surface area contributed by atoms with Crippen molar-refractivity contribution in [2.75, 3.05) is 27.9 Å². The lowest BCUT2D eigenvalue weighted by atomic mass is 10.0. The van der Waals surface area contributed by atoms with Crippen molar-refractivity contribution < 1.29 is 23.8 Å². The molecule has 3 aromatic rings. The predicted octanol–water partition coefficient (Wildman–Crippen LogP) is 4.45. The Balaban J connectivity index is 1.74. The number of ether oxygens (including phenoxy) is 3. The highest BCUT2D eigenvalue weighted by atomic mass is 16.5. The number of likely N-dealkylation sites (N-methyl/N-ethyl adjacent to an activating group) is 1. The van der Waals surface area contributed by atoms with Crippen molar-refractivity contribution in [3.8, 4) is 11.5 Å². The standard InChI is InChI=1S/C27H27NO5/c1-28(18-22-14-8-10-16-25(22)32-3)26(29)19-33-27(30)23(20-11-5-4-6-12-20)17-21-13-7-9-15-24(21)31-2/h4-17H,18-19H2,1-3H3/b23-17+. The molecule has 170 valence electrons. The fourth-order valence-electron chi connectivity index (χ4n) is 3.31. The van der Waals surface area contributed by atoms with E-state index in [-0.39, 0.29) is 12.5 Å². The molecule has 0 fully saturated rings. The molecule has 0 radical (unpaired) electrons. The van der Waals surface area contributed by atoms with Gasteiger partial charge in [-0.15, -0.1) is 0 Å². The third-order valence-corrected chi connectivity index (χ3v) is 5.10. The van der Waals surface area contributed by atoms with E-state index in [9.17, 15) is 9.59 Å². The minimum Gasteiger partial charge on any atom is -0.496 e. The zero-order chi connectivity index (χ0) is 23.6. The zero-order valence-electron chi connectivity index (χ0n) is 19.0. The molecule has 6 nitrogen and oxygen atoms in total. The van der Waals surface area contributed by atoms with Gasteiger partial charge in [-0.05, 0) is 23.8 Å². The number of hydrogen-bond acceptors (Lipinski definition) is 5. The third-order valence-electron chi connectivity index (χ3n) is 5.10. The van der Waals surface area contributed by atoms with Crippen LogP contribution in [0, 0.1) is 0 Å². The minimum absolute atomic E-state index is 0.320. The summed E-state index contributed by atoms with van der Waals surface area (Å²) in [6, 6.07) is 24.0. The van der Waals surface area contributed by atoms with Gasteiger partial charge in [0, 0.05) is 24.7 Å². The Kier molecular flexibility index (Phi) is 8.24. The fraction of sp³-hybridized carbons (Fsp3) is 0.185. The van der Waals surface area contributed by atoms with Crippen LogP contribution in [-0.2, 0) is 20.9 Å². The number of para-hydroxylation sites is 2. The topological polar surface area (TPSA) is 65.1 Å². The summed E-state index contributed by atoms with van der Waals surface area (Å²) in [4.78, 5) is 27.1. The molecular weight excluding hydrogens is 418 g/mol. The maximum Gasteiger partial charge on any atom is 0.339 e. The van der Waals surface area contributed by atoms with Gasteiger partial charge in [0.25, 0.3) is 5.91 Å². The SMILES string of the molecule is COc1ccccc1/C=C(/C(=O)OCC(=O)N(C)Cc1ccccc1OC)c1ccccc1. The lowest BCUT2D eigenvalue weighted by Crippen LogP contribution is -2.31. The van der Waals surface area contributed by atoms with Crippen LogP contribution in [0.25, 0.3) is 11.6 Å². The molecule has 0 spiro atoms. The molecule has 0 aromatic heterocycles. The quantitative estimate of drug-likeness (QED) is 0.277. The molecule has 3 aromatic carbocycles. The van der Waals surface area contributed by atoms with E-state index in [0.29, 0.717) is 29.2 Å². The summed E-state index contributed by atoms with van der Waals surface area (Å²) in [7, 11) is 4.82. The molecule has 0 aliphatic carbocycles. The second kappa shape index (κ2) is 11.5. The molecule has 0 saturated heterocycles. The Morgan fingerprint density at radius 3 is 2.12 bits per heavy atom. The summed E-state index contributed by atoms with van der Waals surface area (Å²) in [5, 5.41) is 0. The van der Waals surface area contributed by atoms with Gasteiger partial charge in [-0.1, -0.05) is 66.7 Å². The first kappa shape index (κ1) is 23.6. The molecule has 0 bridgehead atoms. The average Bonchev–Trinajstić information content (AvgIpc) is 2.86. The third kappa shape index (κ3) is 6.23. The van der Waals surface area contributed by atoms with Gasteiger partial charge >= 0.3 is 5.97 Å². The van der Waals surface area contributed by atoms with Crippen molar-refractivity contribution in [3.63, 3.8) is 0 Å². The molecule has 0 atom stereocenters. The molecule has 0 aliphatic heterocycles. The Labute approximate surface area is 194 Å². The van der Waals surface area contributed by atoms with E-state index in [1.165, 1.54) is 4.90 Å². The van der Waals surface area contributed by atoms with E-state index < -0.39 is 5.97 Å². The van der Waals surface area contributed by atoms with Gasteiger partial charge in [0.2, 0.25) is 0 Å². The summed E-state index contributed by atoms with van der Waals surface area (Å²) in [6.45, 7) is -0.0381. The number of amides is 1. The minimum atomic E-state index is -0.592. The molecule has 1 amide bonds. The number of nitrogens with zero attached hydrogens (tertiary/aromatic N) is 1. The Morgan fingerprint density at radius 2 is 1.42 bits per heavy atom. The number of esters is 1. The second-order valence-corrected chi connectivity index (χ2v) is 7.30. The smallest absolute Gasteiger partial charge is 0.339 e. The Hall–Kier alpha value is -4.06. The number of carbonyl (C=O) groups is 2. The van der Waals surface area contributed by atoms with Gasteiger partial charge in [0.15, 0.2) is 6.61 Å². The molecule has 0 aliphatic rings. The highest BCUT2D eigenvalue weighted by molar-refractivity contribution is 6.22. The van der Waals surface area contributed by atoms with Gasteiger partial charge in [-0.25, -0.2) is 4.79 Å². The highest BCUT2D eigenvalue weighted by Crippen LogP contribution is 2.25. The van der Waals surface area contributed by atoms with Crippen molar-refractivity contribution in [1.29, 1.82) is 0 Å². The normalized spacial score (nSPS) is 10.9. The molecule has 3 rings (SSSR count). The first-order valence-electron chi connectivity index (χ1n) is 10.5. The first-order chi connectivity index (χ1) is 16.0. The van der Waals surface area contributed by atoms with Crippen LogP contribution in [-0.4, -0.2) is 44.7 Å². The van der Waals surface area contributed by atoms with Crippen molar-refractivity contribution in [2.24, 2.45) is 0 Å². The Bertz CT molecular complexity index is 1120. The van der Waals surface area contributed by atoms with E-state index in [4.69, 9.17) is 14.2 Å². The summed E-state index contributed by atoms with van der Waals surface area (Å²) < 4.78 is 16.1. The monoisotopic (exact) mass is 445 g/mol. The van der Waals surface area contributed by atoms with Crippen LogP contribution in [0.4, 0.5) is 0 Å². The zero-order valence-corrected chi connectivity index (χ0v) is 19.0. The highest BCUT2D eigenvalue weighted by Gasteiger charge is 2.18. The fourth-order valence-corrected chi connectivity index (χ4v) is 3.31. The van der Waals surface area contributed by atoms with Crippen LogP contribution in [0.5, 0.6) is 11.5 Å². The molecule has 0 N–H and O–H groups in total.